The van der Waals surface area contributed by atoms with Crippen molar-refractivity contribution >= 4 is 23.1 Å². The molecule has 0 spiro atoms. The highest BCUT2D eigenvalue weighted by atomic mass is 32.1. The zero-order chi connectivity index (χ0) is 16.2. The first-order chi connectivity index (χ1) is 11.2. The van der Waals surface area contributed by atoms with E-state index in [1.165, 1.54) is 11.3 Å². The number of carbonyl (C=O) groups is 2. The lowest BCUT2D eigenvalue weighted by Crippen LogP contribution is -2.14. The van der Waals surface area contributed by atoms with Crippen molar-refractivity contribution in [3.05, 3.63) is 64.0 Å². The van der Waals surface area contributed by atoms with E-state index in [1.54, 1.807) is 24.4 Å². The molecule has 0 radical (unpaired) electrons. The molecule has 0 amide bonds. The minimum absolute atomic E-state index is 0.233. The van der Waals surface area contributed by atoms with Crippen molar-refractivity contribution in [3.8, 4) is 11.3 Å². The Balaban J connectivity index is 1.78. The number of aryl methyl sites for hydroxylation is 1. The quantitative estimate of drug-likeness (QED) is 0.527. The molecule has 0 aliphatic heterocycles. The summed E-state index contributed by atoms with van der Waals surface area (Å²) in [6.45, 7) is 1.33. The summed E-state index contributed by atoms with van der Waals surface area (Å²) in [6.07, 6.45) is 0. The van der Waals surface area contributed by atoms with E-state index >= 15 is 0 Å². The fraction of sp³-hybridized carbons (Fsp3) is 0.118. The summed E-state index contributed by atoms with van der Waals surface area (Å²) in [5.41, 5.74) is 1.41. The first kappa shape index (κ1) is 15.2. The number of carbonyl (C=O) groups excluding carboxylic acids is 2. The summed E-state index contributed by atoms with van der Waals surface area (Å²) in [5, 5.41) is 5.72. The van der Waals surface area contributed by atoms with Crippen molar-refractivity contribution in [3.63, 3.8) is 0 Å². The summed E-state index contributed by atoms with van der Waals surface area (Å²) >= 11 is 1.31. The van der Waals surface area contributed by atoms with E-state index in [0.717, 1.165) is 5.56 Å². The van der Waals surface area contributed by atoms with Crippen LogP contribution in [0.4, 0.5) is 0 Å². The zero-order valence-corrected chi connectivity index (χ0v) is 13.1. The van der Waals surface area contributed by atoms with E-state index in [9.17, 15) is 9.59 Å². The largest absolute Gasteiger partial charge is 0.454 e. The minimum atomic E-state index is -0.618. The number of thiophene rings is 1. The monoisotopic (exact) mass is 327 g/mol. The van der Waals surface area contributed by atoms with Crippen LogP contribution in [0.15, 0.2) is 52.4 Å². The third-order valence-electron chi connectivity index (χ3n) is 3.24. The first-order valence-corrected chi connectivity index (χ1v) is 7.80. The molecule has 0 saturated heterocycles. The Hall–Kier alpha value is -2.73. The van der Waals surface area contributed by atoms with E-state index < -0.39 is 5.97 Å². The standard InChI is InChI=1S/C17H13NO4S/c1-11-15(16(18-22-11)12-6-3-2-4-7-12)17(20)21-10-13(19)14-8-5-9-23-14/h2-9H,10H2,1H3. The maximum absolute atomic E-state index is 12.3. The number of Topliss-reactive ketones (excluding diaryl/α,β-unsaturated/α-hetero) is 1. The Morgan fingerprint density at radius 1 is 1.17 bits per heavy atom. The van der Waals surface area contributed by atoms with Crippen LogP contribution in [0.1, 0.15) is 25.8 Å². The number of ketones is 1. The average molecular weight is 327 g/mol. The highest BCUT2D eigenvalue weighted by molar-refractivity contribution is 7.12. The lowest BCUT2D eigenvalue weighted by atomic mass is 10.1. The van der Waals surface area contributed by atoms with E-state index in [-0.39, 0.29) is 18.0 Å². The molecule has 0 bridgehead atoms. The van der Waals surface area contributed by atoms with Gasteiger partial charge in [-0.15, -0.1) is 11.3 Å². The van der Waals surface area contributed by atoms with Gasteiger partial charge in [0.15, 0.2) is 6.61 Å². The second kappa shape index (κ2) is 6.58. The van der Waals surface area contributed by atoms with Crippen LogP contribution in [0.25, 0.3) is 11.3 Å². The third kappa shape index (κ3) is 3.22. The van der Waals surface area contributed by atoms with Crippen LogP contribution in [0.5, 0.6) is 0 Å². The molecule has 2 aromatic heterocycles. The molecule has 0 aliphatic carbocycles. The molecule has 0 fully saturated rings. The molecule has 5 nitrogen and oxygen atoms in total. The first-order valence-electron chi connectivity index (χ1n) is 6.92. The number of nitrogens with zero attached hydrogens (tertiary/aromatic N) is 1. The summed E-state index contributed by atoms with van der Waals surface area (Å²) < 4.78 is 10.2. The zero-order valence-electron chi connectivity index (χ0n) is 12.3. The van der Waals surface area contributed by atoms with Crippen molar-refractivity contribution in [1.82, 2.24) is 5.16 Å². The minimum Gasteiger partial charge on any atom is -0.454 e. The third-order valence-corrected chi connectivity index (χ3v) is 4.16. The van der Waals surface area contributed by atoms with Gasteiger partial charge in [0.05, 0.1) is 4.88 Å². The Morgan fingerprint density at radius 2 is 1.96 bits per heavy atom. The Labute approximate surface area is 136 Å². The van der Waals surface area contributed by atoms with Crippen molar-refractivity contribution < 1.29 is 18.8 Å². The van der Waals surface area contributed by atoms with Gasteiger partial charge in [0.1, 0.15) is 17.0 Å². The molecular formula is C17H13NO4S. The van der Waals surface area contributed by atoms with Crippen LogP contribution in [-0.2, 0) is 4.74 Å². The summed E-state index contributed by atoms with van der Waals surface area (Å²) in [7, 11) is 0. The predicted octanol–water partition coefficient (Wildman–Crippen LogP) is 3.75. The van der Waals surface area contributed by atoms with E-state index in [0.29, 0.717) is 16.3 Å². The van der Waals surface area contributed by atoms with Gasteiger partial charge in [0.2, 0.25) is 5.78 Å². The summed E-state index contributed by atoms with van der Waals surface area (Å²) in [5.74, 6) is -0.492. The number of rotatable bonds is 5. The molecular weight excluding hydrogens is 314 g/mol. The maximum atomic E-state index is 12.3. The highest BCUT2D eigenvalue weighted by Gasteiger charge is 2.23. The number of ether oxygens (including phenoxy) is 1. The predicted molar refractivity (Wildman–Crippen MR) is 85.6 cm³/mol. The lowest BCUT2D eigenvalue weighted by molar-refractivity contribution is 0.0474. The smallest absolute Gasteiger partial charge is 0.344 e. The molecule has 0 aliphatic rings. The topological polar surface area (TPSA) is 69.4 Å². The molecule has 0 unspecified atom stereocenters. The van der Waals surface area contributed by atoms with E-state index in [1.807, 2.05) is 30.3 Å². The molecule has 3 aromatic rings. The number of esters is 1. The van der Waals surface area contributed by atoms with Crippen molar-refractivity contribution in [2.75, 3.05) is 6.61 Å². The van der Waals surface area contributed by atoms with Gasteiger partial charge < -0.3 is 9.26 Å². The van der Waals surface area contributed by atoms with Gasteiger partial charge in [-0.1, -0.05) is 41.6 Å². The number of hydrogen-bond acceptors (Lipinski definition) is 6. The molecule has 0 saturated carbocycles. The Kier molecular flexibility index (Phi) is 4.34. The van der Waals surface area contributed by atoms with Gasteiger partial charge in [0, 0.05) is 5.56 Å². The Bertz CT molecular complexity index is 822. The van der Waals surface area contributed by atoms with Crippen LogP contribution in [0, 0.1) is 6.92 Å². The van der Waals surface area contributed by atoms with Crippen LogP contribution < -0.4 is 0 Å². The van der Waals surface area contributed by atoms with Gasteiger partial charge in [0.25, 0.3) is 0 Å². The van der Waals surface area contributed by atoms with Crippen LogP contribution in [-0.4, -0.2) is 23.5 Å². The number of benzene rings is 1. The van der Waals surface area contributed by atoms with E-state index in [2.05, 4.69) is 5.16 Å². The van der Waals surface area contributed by atoms with Crippen molar-refractivity contribution in [2.24, 2.45) is 0 Å². The van der Waals surface area contributed by atoms with Gasteiger partial charge >= 0.3 is 5.97 Å². The lowest BCUT2D eigenvalue weighted by Gasteiger charge is -2.04. The van der Waals surface area contributed by atoms with E-state index in [4.69, 9.17) is 9.26 Å². The fourth-order valence-corrected chi connectivity index (χ4v) is 2.77. The normalized spacial score (nSPS) is 10.5. The molecule has 1 aromatic carbocycles. The van der Waals surface area contributed by atoms with Gasteiger partial charge in [-0.25, -0.2) is 4.79 Å². The summed E-state index contributed by atoms with van der Waals surface area (Å²) in [6, 6.07) is 12.7. The average Bonchev–Trinajstić information content (AvgIpc) is 3.23. The van der Waals surface area contributed by atoms with Crippen LogP contribution >= 0.6 is 11.3 Å². The second-order valence-corrected chi connectivity index (χ2v) is 5.75. The highest BCUT2D eigenvalue weighted by Crippen LogP contribution is 2.25. The summed E-state index contributed by atoms with van der Waals surface area (Å²) in [4.78, 5) is 24.8. The molecule has 0 N–H and O–H groups in total. The maximum Gasteiger partial charge on any atom is 0.344 e. The molecule has 116 valence electrons. The molecule has 2 heterocycles. The molecule has 6 heteroatoms. The van der Waals surface area contributed by atoms with Gasteiger partial charge in [-0.2, -0.15) is 0 Å². The van der Waals surface area contributed by atoms with Crippen molar-refractivity contribution in [1.29, 1.82) is 0 Å². The SMILES string of the molecule is Cc1onc(-c2ccccc2)c1C(=O)OCC(=O)c1cccs1. The van der Waals surface area contributed by atoms with Crippen LogP contribution in [0.2, 0.25) is 0 Å². The number of aromatic nitrogens is 1. The van der Waals surface area contributed by atoms with Gasteiger partial charge in [-0.3, -0.25) is 4.79 Å². The fourth-order valence-electron chi connectivity index (χ4n) is 2.12. The van der Waals surface area contributed by atoms with Crippen molar-refractivity contribution in [2.45, 2.75) is 6.92 Å². The van der Waals surface area contributed by atoms with Gasteiger partial charge in [-0.05, 0) is 18.4 Å². The Morgan fingerprint density at radius 3 is 2.65 bits per heavy atom. The molecule has 23 heavy (non-hydrogen) atoms. The van der Waals surface area contributed by atoms with Crippen LogP contribution in [0.3, 0.4) is 0 Å². The number of hydrogen-bond donors (Lipinski definition) is 0. The molecule has 3 rings (SSSR count). The molecule has 0 atom stereocenters. The second-order valence-electron chi connectivity index (χ2n) is 4.81.